The lowest BCUT2D eigenvalue weighted by Gasteiger charge is -2.28. The van der Waals surface area contributed by atoms with Crippen LogP contribution in [0.2, 0.25) is 0 Å². The fraction of sp³-hybridized carbons (Fsp3) is 0.200. The van der Waals surface area contributed by atoms with E-state index >= 15 is 0 Å². The van der Waals surface area contributed by atoms with E-state index in [0.29, 0.717) is 5.11 Å². The fourth-order valence-electron chi connectivity index (χ4n) is 6.01. The van der Waals surface area contributed by atoms with E-state index in [1.54, 1.807) is 0 Å². The summed E-state index contributed by atoms with van der Waals surface area (Å²) in [6.07, 6.45) is 1.84. The van der Waals surface area contributed by atoms with Gasteiger partial charge in [-0.3, -0.25) is 4.98 Å². The SMILES string of the molecule is Cc1ccccc1Oc1ccc(N2C(=S)NC(c3ccccn3)C2c2cc(C)n(-c3c(C)cccc3C)c2C)cc1. The topological polar surface area (TPSA) is 42.3 Å². The smallest absolute Gasteiger partial charge is 0.174 e. The molecule has 2 atom stereocenters. The molecule has 6 rings (SSSR count). The molecule has 5 aromatic rings. The number of hydrogen-bond acceptors (Lipinski definition) is 3. The molecule has 1 aliphatic rings. The summed E-state index contributed by atoms with van der Waals surface area (Å²) in [6, 6.07) is 30.9. The van der Waals surface area contributed by atoms with Crippen LogP contribution in [0.1, 0.15) is 51.4 Å². The average Bonchev–Trinajstić information content (AvgIpc) is 3.46. The number of hydrogen-bond donors (Lipinski definition) is 1. The van der Waals surface area contributed by atoms with Gasteiger partial charge >= 0.3 is 0 Å². The summed E-state index contributed by atoms with van der Waals surface area (Å²) in [5.74, 6) is 1.64. The van der Waals surface area contributed by atoms with Gasteiger partial charge in [0.05, 0.1) is 23.5 Å². The zero-order valence-electron chi connectivity index (χ0n) is 24.1. The first-order valence-electron chi connectivity index (χ1n) is 13.9. The van der Waals surface area contributed by atoms with Crippen LogP contribution in [-0.2, 0) is 0 Å². The van der Waals surface area contributed by atoms with E-state index in [0.717, 1.165) is 28.4 Å². The van der Waals surface area contributed by atoms with Crippen molar-refractivity contribution < 1.29 is 4.74 Å². The summed E-state index contributed by atoms with van der Waals surface area (Å²) >= 11 is 6.00. The maximum Gasteiger partial charge on any atom is 0.174 e. The minimum Gasteiger partial charge on any atom is -0.457 e. The third-order valence-electron chi connectivity index (χ3n) is 7.99. The van der Waals surface area contributed by atoms with Gasteiger partial charge in [-0.2, -0.15) is 0 Å². The van der Waals surface area contributed by atoms with Gasteiger partial charge in [0.25, 0.3) is 0 Å². The fourth-order valence-corrected chi connectivity index (χ4v) is 6.36. The lowest BCUT2D eigenvalue weighted by Crippen LogP contribution is -2.29. The summed E-state index contributed by atoms with van der Waals surface area (Å²) in [5, 5.41) is 4.28. The monoisotopic (exact) mass is 558 g/mol. The highest BCUT2D eigenvalue weighted by molar-refractivity contribution is 7.80. The molecular formula is C35H34N4OS. The van der Waals surface area contributed by atoms with Crippen molar-refractivity contribution in [2.45, 2.75) is 46.7 Å². The molecule has 1 fully saturated rings. The van der Waals surface area contributed by atoms with E-state index in [1.165, 1.54) is 33.8 Å². The van der Waals surface area contributed by atoms with Gasteiger partial charge in [0.1, 0.15) is 11.5 Å². The maximum atomic E-state index is 6.18. The minimum absolute atomic E-state index is 0.0928. The molecule has 206 valence electrons. The van der Waals surface area contributed by atoms with E-state index in [2.05, 4.69) is 97.9 Å². The number of anilines is 1. The van der Waals surface area contributed by atoms with Crippen molar-refractivity contribution >= 4 is 23.0 Å². The first-order chi connectivity index (χ1) is 19.8. The Morgan fingerprint density at radius 3 is 2.15 bits per heavy atom. The Hall–Kier alpha value is -4.42. The number of benzene rings is 3. The number of para-hydroxylation sites is 2. The number of ether oxygens (including phenoxy) is 1. The Morgan fingerprint density at radius 1 is 0.780 bits per heavy atom. The van der Waals surface area contributed by atoms with Gasteiger partial charge in [0, 0.05) is 23.3 Å². The summed E-state index contributed by atoms with van der Waals surface area (Å²) in [7, 11) is 0. The van der Waals surface area contributed by atoms with Crippen molar-refractivity contribution in [1.29, 1.82) is 0 Å². The van der Waals surface area contributed by atoms with Crippen molar-refractivity contribution in [2.75, 3.05) is 4.90 Å². The summed E-state index contributed by atoms with van der Waals surface area (Å²) in [5.41, 5.74) is 10.4. The Labute approximate surface area is 247 Å². The zero-order valence-corrected chi connectivity index (χ0v) is 24.9. The van der Waals surface area contributed by atoms with E-state index < -0.39 is 0 Å². The van der Waals surface area contributed by atoms with Crippen molar-refractivity contribution in [3.63, 3.8) is 0 Å². The van der Waals surface area contributed by atoms with E-state index in [9.17, 15) is 0 Å². The van der Waals surface area contributed by atoms with E-state index in [-0.39, 0.29) is 12.1 Å². The molecule has 2 aromatic heterocycles. The molecule has 0 bridgehead atoms. The number of nitrogens with zero attached hydrogens (tertiary/aromatic N) is 3. The molecule has 6 heteroatoms. The Morgan fingerprint density at radius 2 is 1.46 bits per heavy atom. The second-order valence-corrected chi connectivity index (χ2v) is 11.1. The van der Waals surface area contributed by atoms with Crippen LogP contribution in [0.4, 0.5) is 5.69 Å². The highest BCUT2D eigenvalue weighted by Gasteiger charge is 2.42. The number of pyridine rings is 1. The number of aryl methyl sites for hydroxylation is 4. The molecule has 3 aromatic carbocycles. The molecule has 1 aliphatic heterocycles. The molecule has 0 saturated carbocycles. The lowest BCUT2D eigenvalue weighted by atomic mass is 9.96. The molecule has 1 N–H and O–H groups in total. The molecule has 0 aliphatic carbocycles. The highest BCUT2D eigenvalue weighted by atomic mass is 32.1. The van der Waals surface area contributed by atoms with Crippen LogP contribution in [0.3, 0.4) is 0 Å². The van der Waals surface area contributed by atoms with Crippen molar-refractivity contribution in [2.24, 2.45) is 0 Å². The van der Waals surface area contributed by atoms with Crippen LogP contribution in [0, 0.1) is 34.6 Å². The predicted molar refractivity (Wildman–Crippen MR) is 170 cm³/mol. The quantitative estimate of drug-likeness (QED) is 0.212. The van der Waals surface area contributed by atoms with Crippen molar-refractivity contribution in [1.82, 2.24) is 14.9 Å². The van der Waals surface area contributed by atoms with Gasteiger partial charge in [0.15, 0.2) is 5.11 Å². The van der Waals surface area contributed by atoms with Crippen LogP contribution >= 0.6 is 12.2 Å². The second kappa shape index (κ2) is 10.9. The summed E-state index contributed by atoms with van der Waals surface area (Å²) in [6.45, 7) is 10.8. The Kier molecular flexibility index (Phi) is 7.10. The third kappa shape index (κ3) is 4.89. The molecular weight excluding hydrogens is 524 g/mol. The minimum atomic E-state index is -0.112. The predicted octanol–water partition coefficient (Wildman–Crippen LogP) is 8.38. The first kappa shape index (κ1) is 26.8. The van der Waals surface area contributed by atoms with Crippen LogP contribution in [0.5, 0.6) is 11.5 Å². The standard InChI is InChI=1S/C35H34N4OS/c1-22-11-6-7-15-31(22)40-28-18-16-27(17-19-28)39-34(32(37-35(39)41)30-14-8-9-20-36-30)29-21-25(4)38(26(29)5)33-23(2)12-10-13-24(33)3/h6-21,32,34H,1-5H3,(H,37,41). The van der Waals surface area contributed by atoms with Crippen LogP contribution < -0.4 is 15.0 Å². The number of thiocarbonyl (C=S) groups is 1. The molecule has 0 amide bonds. The third-order valence-corrected chi connectivity index (χ3v) is 8.30. The van der Waals surface area contributed by atoms with E-state index in [4.69, 9.17) is 21.9 Å². The maximum absolute atomic E-state index is 6.18. The van der Waals surface area contributed by atoms with Crippen molar-refractivity contribution in [3.05, 3.63) is 137 Å². The highest BCUT2D eigenvalue weighted by Crippen LogP contribution is 2.44. The van der Waals surface area contributed by atoms with Gasteiger partial charge < -0.3 is 19.5 Å². The zero-order chi connectivity index (χ0) is 28.7. The Bertz CT molecular complexity index is 1710. The first-order valence-corrected chi connectivity index (χ1v) is 14.3. The van der Waals surface area contributed by atoms with Crippen molar-refractivity contribution in [3.8, 4) is 17.2 Å². The van der Waals surface area contributed by atoms with Gasteiger partial charge in [0.2, 0.25) is 0 Å². The van der Waals surface area contributed by atoms with Gasteiger partial charge in [-0.15, -0.1) is 0 Å². The van der Waals surface area contributed by atoms with Gasteiger partial charge in [-0.1, -0.05) is 42.5 Å². The normalized spacial score (nSPS) is 16.6. The van der Waals surface area contributed by atoms with Gasteiger partial charge in [-0.05, 0) is 118 Å². The van der Waals surface area contributed by atoms with Gasteiger partial charge in [-0.25, -0.2) is 0 Å². The molecule has 0 spiro atoms. The molecule has 2 unspecified atom stereocenters. The van der Waals surface area contributed by atoms with E-state index in [1.807, 2.05) is 48.7 Å². The summed E-state index contributed by atoms with van der Waals surface area (Å²) < 4.78 is 8.57. The average molecular weight is 559 g/mol. The molecule has 1 saturated heterocycles. The molecule has 0 radical (unpaired) electrons. The molecule has 41 heavy (non-hydrogen) atoms. The lowest BCUT2D eigenvalue weighted by molar-refractivity contribution is 0.479. The second-order valence-electron chi connectivity index (χ2n) is 10.8. The largest absolute Gasteiger partial charge is 0.457 e. The number of nitrogens with one attached hydrogen (secondary N) is 1. The Balaban J connectivity index is 1.44. The summed E-state index contributed by atoms with van der Waals surface area (Å²) in [4.78, 5) is 6.96. The van der Waals surface area contributed by atoms with Crippen LogP contribution in [0.25, 0.3) is 5.69 Å². The van der Waals surface area contributed by atoms with Crippen LogP contribution in [0.15, 0.2) is 97.2 Å². The van der Waals surface area contributed by atoms with Crippen LogP contribution in [-0.4, -0.2) is 14.7 Å². The molecule has 5 nitrogen and oxygen atoms in total. The number of aromatic nitrogens is 2. The number of rotatable bonds is 6. The molecule has 3 heterocycles.